The van der Waals surface area contributed by atoms with Gasteiger partial charge in [-0.3, -0.25) is 0 Å². The summed E-state index contributed by atoms with van der Waals surface area (Å²) in [4.78, 5) is 2.41. The molecule has 1 aromatic carbocycles. The zero-order chi connectivity index (χ0) is 12.5. The van der Waals surface area contributed by atoms with E-state index in [2.05, 4.69) is 18.7 Å². The van der Waals surface area contributed by atoms with Crippen LogP contribution in [0.5, 0.6) is 5.75 Å². The molecule has 0 atom stereocenters. The third-order valence-electron chi connectivity index (χ3n) is 2.86. The number of hydrogen-bond acceptors (Lipinski definition) is 3. The number of likely N-dealkylation sites (N-methyl/N-ethyl adjacent to an activating group) is 1. The van der Waals surface area contributed by atoms with Crippen LogP contribution in [0.2, 0.25) is 0 Å². The number of para-hydroxylation sites is 2. The topological polar surface area (TPSA) is 38.5 Å². The van der Waals surface area contributed by atoms with Gasteiger partial charge in [0.25, 0.3) is 0 Å². The van der Waals surface area contributed by atoms with Crippen LogP contribution < -0.4 is 10.5 Å². The van der Waals surface area contributed by atoms with Gasteiger partial charge in [0.2, 0.25) is 0 Å². The van der Waals surface area contributed by atoms with E-state index in [-0.39, 0.29) is 0 Å². The molecule has 0 aromatic heterocycles. The predicted molar refractivity (Wildman–Crippen MR) is 73.4 cm³/mol. The Morgan fingerprint density at radius 3 is 2.59 bits per heavy atom. The summed E-state index contributed by atoms with van der Waals surface area (Å²) >= 11 is 0. The SMILES string of the molecule is CCCCN(CC)CCOc1ccccc1N. The number of nitrogen functional groups attached to an aromatic ring is 1. The van der Waals surface area contributed by atoms with E-state index in [0.717, 1.165) is 25.4 Å². The summed E-state index contributed by atoms with van der Waals surface area (Å²) in [5, 5.41) is 0. The van der Waals surface area contributed by atoms with E-state index < -0.39 is 0 Å². The van der Waals surface area contributed by atoms with E-state index >= 15 is 0 Å². The van der Waals surface area contributed by atoms with Gasteiger partial charge in [0.15, 0.2) is 0 Å². The van der Waals surface area contributed by atoms with Crippen molar-refractivity contribution in [3.63, 3.8) is 0 Å². The molecule has 17 heavy (non-hydrogen) atoms. The smallest absolute Gasteiger partial charge is 0.142 e. The molecule has 0 aliphatic carbocycles. The van der Waals surface area contributed by atoms with Gasteiger partial charge in [-0.1, -0.05) is 32.4 Å². The number of hydrogen-bond donors (Lipinski definition) is 1. The standard InChI is InChI=1S/C14H24N2O/c1-3-5-10-16(4-2)11-12-17-14-9-7-6-8-13(14)15/h6-9H,3-5,10-12,15H2,1-2H3. The zero-order valence-corrected chi connectivity index (χ0v) is 11.0. The van der Waals surface area contributed by atoms with E-state index in [9.17, 15) is 0 Å². The van der Waals surface area contributed by atoms with Gasteiger partial charge in [0.05, 0.1) is 5.69 Å². The first kappa shape index (κ1) is 13.8. The van der Waals surface area contributed by atoms with E-state index in [1.54, 1.807) is 0 Å². The molecular formula is C14H24N2O. The molecule has 1 aromatic rings. The van der Waals surface area contributed by atoms with Crippen molar-refractivity contribution >= 4 is 5.69 Å². The maximum absolute atomic E-state index is 5.81. The molecular weight excluding hydrogens is 212 g/mol. The minimum atomic E-state index is 0.700. The summed E-state index contributed by atoms with van der Waals surface area (Å²) in [5.41, 5.74) is 6.52. The maximum Gasteiger partial charge on any atom is 0.142 e. The van der Waals surface area contributed by atoms with E-state index in [1.165, 1.54) is 12.8 Å². The highest BCUT2D eigenvalue weighted by Crippen LogP contribution is 2.19. The normalized spacial score (nSPS) is 10.8. The number of rotatable bonds is 8. The Hall–Kier alpha value is -1.22. The van der Waals surface area contributed by atoms with Gasteiger partial charge in [-0.15, -0.1) is 0 Å². The van der Waals surface area contributed by atoms with Gasteiger partial charge in [-0.2, -0.15) is 0 Å². The van der Waals surface area contributed by atoms with E-state index in [1.807, 2.05) is 24.3 Å². The molecule has 0 fully saturated rings. The van der Waals surface area contributed by atoms with Gasteiger partial charge in [-0.05, 0) is 31.6 Å². The molecule has 2 N–H and O–H groups in total. The molecule has 0 amide bonds. The molecule has 0 saturated heterocycles. The van der Waals surface area contributed by atoms with Crippen molar-refractivity contribution in [2.45, 2.75) is 26.7 Å². The first-order valence-corrected chi connectivity index (χ1v) is 6.47. The fraction of sp³-hybridized carbons (Fsp3) is 0.571. The average Bonchev–Trinajstić information content (AvgIpc) is 2.35. The van der Waals surface area contributed by atoms with E-state index in [4.69, 9.17) is 10.5 Å². The predicted octanol–water partition coefficient (Wildman–Crippen LogP) is 2.77. The van der Waals surface area contributed by atoms with Crippen molar-refractivity contribution in [2.24, 2.45) is 0 Å². The monoisotopic (exact) mass is 236 g/mol. The summed E-state index contributed by atoms with van der Waals surface area (Å²) < 4.78 is 5.68. The third-order valence-corrected chi connectivity index (χ3v) is 2.86. The van der Waals surface area contributed by atoms with Gasteiger partial charge in [-0.25, -0.2) is 0 Å². The minimum Gasteiger partial charge on any atom is -0.490 e. The minimum absolute atomic E-state index is 0.700. The Labute approximate surface area is 105 Å². The van der Waals surface area contributed by atoms with Crippen LogP contribution in [-0.2, 0) is 0 Å². The van der Waals surface area contributed by atoms with E-state index in [0.29, 0.717) is 12.3 Å². The highest BCUT2D eigenvalue weighted by atomic mass is 16.5. The summed E-state index contributed by atoms with van der Waals surface area (Å²) in [7, 11) is 0. The average molecular weight is 236 g/mol. The summed E-state index contributed by atoms with van der Waals surface area (Å²) in [5.74, 6) is 0.791. The molecule has 0 aliphatic rings. The quantitative estimate of drug-likeness (QED) is 0.705. The molecule has 0 radical (unpaired) electrons. The third kappa shape index (κ3) is 5.09. The Morgan fingerprint density at radius 1 is 1.18 bits per heavy atom. The highest BCUT2D eigenvalue weighted by Gasteiger charge is 2.03. The molecule has 3 nitrogen and oxygen atoms in total. The molecule has 96 valence electrons. The molecule has 0 aliphatic heterocycles. The Bertz CT molecular complexity index is 315. The Morgan fingerprint density at radius 2 is 1.94 bits per heavy atom. The van der Waals surface area contributed by atoms with Gasteiger partial charge < -0.3 is 15.4 Å². The van der Waals surface area contributed by atoms with Crippen LogP contribution in [0.4, 0.5) is 5.69 Å². The Kier molecular flexibility index (Phi) is 6.48. The number of nitrogens with two attached hydrogens (primary N) is 1. The lowest BCUT2D eigenvalue weighted by Crippen LogP contribution is -2.29. The molecule has 0 heterocycles. The molecule has 1 rings (SSSR count). The van der Waals surface area contributed by atoms with Crippen molar-refractivity contribution in [3.8, 4) is 5.75 Å². The number of unbranched alkanes of at least 4 members (excludes halogenated alkanes) is 1. The molecule has 0 unspecified atom stereocenters. The van der Waals surface area contributed by atoms with Crippen molar-refractivity contribution in [1.29, 1.82) is 0 Å². The van der Waals surface area contributed by atoms with Crippen LogP contribution in [0.15, 0.2) is 24.3 Å². The zero-order valence-electron chi connectivity index (χ0n) is 11.0. The van der Waals surface area contributed by atoms with Gasteiger partial charge in [0.1, 0.15) is 12.4 Å². The lowest BCUT2D eigenvalue weighted by molar-refractivity contribution is 0.214. The fourth-order valence-electron chi connectivity index (χ4n) is 1.71. The van der Waals surface area contributed by atoms with Gasteiger partial charge in [0, 0.05) is 6.54 Å². The molecule has 3 heteroatoms. The molecule has 0 saturated carbocycles. The number of nitrogens with zero attached hydrogens (tertiary/aromatic N) is 1. The van der Waals surface area contributed by atoms with Crippen molar-refractivity contribution in [1.82, 2.24) is 4.90 Å². The molecule has 0 bridgehead atoms. The van der Waals surface area contributed by atoms with Crippen LogP contribution >= 0.6 is 0 Å². The first-order valence-electron chi connectivity index (χ1n) is 6.47. The maximum atomic E-state index is 5.81. The highest BCUT2D eigenvalue weighted by molar-refractivity contribution is 5.51. The van der Waals surface area contributed by atoms with Crippen LogP contribution in [0.1, 0.15) is 26.7 Å². The molecule has 0 spiro atoms. The van der Waals surface area contributed by atoms with Gasteiger partial charge >= 0.3 is 0 Å². The second-order valence-corrected chi connectivity index (χ2v) is 4.17. The second kappa shape index (κ2) is 7.96. The Balaban J connectivity index is 2.28. The van der Waals surface area contributed by atoms with Crippen LogP contribution in [0, 0.1) is 0 Å². The number of benzene rings is 1. The first-order chi connectivity index (χ1) is 8.27. The van der Waals surface area contributed by atoms with Crippen LogP contribution in [0.3, 0.4) is 0 Å². The summed E-state index contributed by atoms with van der Waals surface area (Å²) in [6.45, 7) is 8.30. The van der Waals surface area contributed by atoms with Crippen LogP contribution in [0.25, 0.3) is 0 Å². The largest absolute Gasteiger partial charge is 0.490 e. The second-order valence-electron chi connectivity index (χ2n) is 4.17. The lowest BCUT2D eigenvalue weighted by atomic mass is 10.3. The van der Waals surface area contributed by atoms with Crippen molar-refractivity contribution in [2.75, 3.05) is 32.0 Å². The summed E-state index contributed by atoms with van der Waals surface area (Å²) in [6.07, 6.45) is 2.49. The van der Waals surface area contributed by atoms with Crippen LogP contribution in [-0.4, -0.2) is 31.1 Å². The fourth-order valence-corrected chi connectivity index (χ4v) is 1.71. The number of ether oxygens (including phenoxy) is 1. The number of anilines is 1. The summed E-state index contributed by atoms with van der Waals surface area (Å²) in [6, 6.07) is 7.64. The van der Waals surface area contributed by atoms with Crippen molar-refractivity contribution in [3.05, 3.63) is 24.3 Å². The van der Waals surface area contributed by atoms with Crippen molar-refractivity contribution < 1.29 is 4.74 Å². The lowest BCUT2D eigenvalue weighted by Gasteiger charge is -2.20.